The van der Waals surface area contributed by atoms with Crippen LogP contribution in [0.5, 0.6) is 0 Å². The van der Waals surface area contributed by atoms with Crippen molar-refractivity contribution in [2.45, 2.75) is 29.8 Å². The number of hydrogen-bond acceptors (Lipinski definition) is 5. The normalized spacial score (nSPS) is 14.0. The van der Waals surface area contributed by atoms with Gasteiger partial charge in [0.25, 0.3) is 5.91 Å². The molecule has 6 rings (SSSR count). The van der Waals surface area contributed by atoms with Gasteiger partial charge in [-0.1, -0.05) is 48.0 Å². The number of carbonyl (C=O) groups excluding carboxylic acids is 1. The van der Waals surface area contributed by atoms with E-state index in [0.29, 0.717) is 46.6 Å². The Bertz CT molecular complexity index is 1980. The fraction of sp³-hybridized carbons (Fsp3) is 0.156. The van der Waals surface area contributed by atoms with Gasteiger partial charge in [0, 0.05) is 16.7 Å². The summed E-state index contributed by atoms with van der Waals surface area (Å²) < 4.78 is 26.2. The number of hydrogen-bond donors (Lipinski definition) is 2. The summed E-state index contributed by atoms with van der Waals surface area (Å²) in [5.41, 5.74) is 3.68. The molecule has 10 heteroatoms. The standard InChI is InChI=1S/C32H26ClN3O5S/c1-42(40,41)27-7-3-5-22(16-27)23-15-24-18-34-36(19-20-4-2-6-26(33)14-20)29(24)28(17-23)30(37)35-32(12-13-32)25-10-8-21(9-11-25)31(38)39/h2-11,14-18H,12-13,19H2,1H3,(H,35,37)(H,38,39). The fourth-order valence-electron chi connectivity index (χ4n) is 5.23. The van der Waals surface area contributed by atoms with Crippen LogP contribution in [-0.2, 0) is 21.9 Å². The smallest absolute Gasteiger partial charge is 0.335 e. The van der Waals surface area contributed by atoms with Crippen LogP contribution in [0, 0.1) is 0 Å². The number of aromatic carboxylic acids is 1. The van der Waals surface area contributed by atoms with Crippen LogP contribution in [0.1, 0.15) is 44.7 Å². The number of amides is 1. The third-order valence-corrected chi connectivity index (χ3v) is 8.93. The Morgan fingerprint density at radius 1 is 0.976 bits per heavy atom. The Hall–Kier alpha value is -4.47. The molecule has 1 heterocycles. The Morgan fingerprint density at radius 2 is 1.71 bits per heavy atom. The van der Waals surface area contributed by atoms with Gasteiger partial charge in [0.15, 0.2) is 9.84 Å². The van der Waals surface area contributed by atoms with Crippen molar-refractivity contribution in [1.82, 2.24) is 15.1 Å². The van der Waals surface area contributed by atoms with Crippen molar-refractivity contribution in [2.75, 3.05) is 6.26 Å². The molecule has 212 valence electrons. The Labute approximate surface area is 247 Å². The van der Waals surface area contributed by atoms with Gasteiger partial charge in [-0.25, -0.2) is 13.2 Å². The lowest BCUT2D eigenvalue weighted by atomic mass is 9.98. The van der Waals surface area contributed by atoms with Crippen molar-refractivity contribution in [2.24, 2.45) is 0 Å². The number of carboxylic acid groups (broad SMARTS) is 1. The van der Waals surface area contributed by atoms with Crippen LogP contribution in [0.25, 0.3) is 22.0 Å². The molecule has 8 nitrogen and oxygen atoms in total. The molecular weight excluding hydrogens is 574 g/mol. The van der Waals surface area contributed by atoms with E-state index in [1.54, 1.807) is 59.4 Å². The van der Waals surface area contributed by atoms with Gasteiger partial charge in [-0.2, -0.15) is 5.10 Å². The van der Waals surface area contributed by atoms with Gasteiger partial charge in [-0.15, -0.1) is 0 Å². The maximum atomic E-state index is 14.1. The average molecular weight is 600 g/mol. The highest BCUT2D eigenvalue weighted by molar-refractivity contribution is 7.90. The van der Waals surface area contributed by atoms with Gasteiger partial charge in [0.1, 0.15) is 0 Å². The zero-order valence-corrected chi connectivity index (χ0v) is 24.1. The molecule has 1 saturated carbocycles. The second-order valence-corrected chi connectivity index (χ2v) is 13.1. The highest BCUT2D eigenvalue weighted by Crippen LogP contribution is 2.46. The van der Waals surface area contributed by atoms with E-state index >= 15 is 0 Å². The summed E-state index contributed by atoms with van der Waals surface area (Å²) in [5.74, 6) is -1.32. The first-order valence-corrected chi connectivity index (χ1v) is 15.5. The second-order valence-electron chi connectivity index (χ2n) is 10.6. The molecule has 0 radical (unpaired) electrons. The van der Waals surface area contributed by atoms with Crippen LogP contribution in [-0.4, -0.2) is 41.4 Å². The van der Waals surface area contributed by atoms with E-state index in [9.17, 15) is 23.1 Å². The first-order chi connectivity index (χ1) is 20.0. The van der Waals surface area contributed by atoms with Crippen molar-refractivity contribution in [3.63, 3.8) is 0 Å². The molecule has 0 aliphatic heterocycles. The number of benzene rings is 4. The summed E-state index contributed by atoms with van der Waals surface area (Å²) in [4.78, 5) is 25.6. The predicted octanol–water partition coefficient (Wildman–Crippen LogP) is 5.93. The van der Waals surface area contributed by atoms with Gasteiger partial charge >= 0.3 is 5.97 Å². The number of halogens is 1. The first-order valence-electron chi connectivity index (χ1n) is 13.2. The molecule has 1 aliphatic rings. The topological polar surface area (TPSA) is 118 Å². The third kappa shape index (κ3) is 5.41. The molecule has 42 heavy (non-hydrogen) atoms. The molecule has 5 aromatic rings. The van der Waals surface area contributed by atoms with E-state index in [-0.39, 0.29) is 16.4 Å². The molecule has 0 saturated heterocycles. The minimum Gasteiger partial charge on any atom is -0.478 e. The lowest BCUT2D eigenvalue weighted by Gasteiger charge is -2.19. The van der Waals surface area contributed by atoms with Gasteiger partial charge in [0.05, 0.1) is 39.8 Å². The molecule has 0 unspecified atom stereocenters. The molecule has 1 amide bonds. The van der Waals surface area contributed by atoms with Gasteiger partial charge in [0.2, 0.25) is 0 Å². The monoisotopic (exact) mass is 599 g/mol. The van der Waals surface area contributed by atoms with E-state index in [0.717, 1.165) is 22.8 Å². The van der Waals surface area contributed by atoms with Crippen molar-refractivity contribution >= 4 is 44.2 Å². The predicted molar refractivity (Wildman–Crippen MR) is 161 cm³/mol. The third-order valence-electron chi connectivity index (χ3n) is 7.58. The maximum Gasteiger partial charge on any atom is 0.335 e. The van der Waals surface area contributed by atoms with Crippen LogP contribution in [0.15, 0.2) is 96.0 Å². The maximum absolute atomic E-state index is 14.1. The van der Waals surface area contributed by atoms with Crippen LogP contribution in [0.4, 0.5) is 0 Å². The summed E-state index contributed by atoms with van der Waals surface area (Å²) in [6.45, 7) is 0.384. The molecule has 4 aromatic carbocycles. The number of fused-ring (bicyclic) bond motifs is 1. The first kappa shape index (κ1) is 27.7. The van der Waals surface area contributed by atoms with Crippen molar-refractivity contribution in [3.05, 3.63) is 118 Å². The minimum absolute atomic E-state index is 0.177. The van der Waals surface area contributed by atoms with Crippen LogP contribution in [0.2, 0.25) is 5.02 Å². The highest BCUT2D eigenvalue weighted by atomic mass is 35.5. The molecule has 0 bridgehead atoms. The molecular formula is C32H26ClN3O5S. The van der Waals surface area contributed by atoms with E-state index in [1.165, 1.54) is 12.1 Å². The number of nitrogens with one attached hydrogen (secondary N) is 1. The van der Waals surface area contributed by atoms with Crippen LogP contribution in [0.3, 0.4) is 0 Å². The van der Waals surface area contributed by atoms with Gasteiger partial charge < -0.3 is 10.4 Å². The van der Waals surface area contributed by atoms with E-state index in [4.69, 9.17) is 11.6 Å². The van der Waals surface area contributed by atoms with Crippen molar-refractivity contribution in [1.29, 1.82) is 0 Å². The summed E-state index contributed by atoms with van der Waals surface area (Å²) in [6, 6.07) is 24.3. The number of rotatable bonds is 8. The van der Waals surface area contributed by atoms with E-state index < -0.39 is 21.3 Å². The number of carbonyl (C=O) groups is 2. The van der Waals surface area contributed by atoms with Gasteiger partial charge in [-0.05, 0) is 83.6 Å². The number of nitrogens with zero attached hydrogens (tertiary/aromatic N) is 2. The summed E-state index contributed by atoms with van der Waals surface area (Å²) >= 11 is 6.21. The SMILES string of the molecule is CS(=O)(=O)c1cccc(-c2cc(C(=O)NC3(c4ccc(C(=O)O)cc4)CC3)c3c(cnn3Cc3cccc(Cl)c3)c2)c1. The van der Waals surface area contributed by atoms with E-state index in [1.807, 2.05) is 24.3 Å². The van der Waals surface area contributed by atoms with Crippen LogP contribution < -0.4 is 5.32 Å². The Balaban J connectivity index is 1.44. The number of aromatic nitrogens is 2. The zero-order valence-electron chi connectivity index (χ0n) is 22.5. The fourth-order valence-corrected chi connectivity index (χ4v) is 6.11. The summed E-state index contributed by atoms with van der Waals surface area (Å²) in [7, 11) is -3.43. The molecule has 2 N–H and O–H groups in total. The number of sulfone groups is 1. The number of carboxylic acids is 1. The van der Waals surface area contributed by atoms with Crippen LogP contribution >= 0.6 is 11.6 Å². The molecule has 1 aliphatic carbocycles. The van der Waals surface area contributed by atoms with Crippen molar-refractivity contribution < 1.29 is 23.1 Å². The second kappa shape index (κ2) is 10.4. The highest BCUT2D eigenvalue weighted by Gasteiger charge is 2.46. The quantitative estimate of drug-likeness (QED) is 0.228. The average Bonchev–Trinajstić information content (AvgIpc) is 3.64. The lowest BCUT2D eigenvalue weighted by molar-refractivity contribution is 0.0696. The Morgan fingerprint density at radius 3 is 2.38 bits per heavy atom. The molecule has 1 fully saturated rings. The van der Waals surface area contributed by atoms with Crippen molar-refractivity contribution in [3.8, 4) is 11.1 Å². The van der Waals surface area contributed by atoms with E-state index in [2.05, 4.69) is 10.4 Å². The Kier molecular flexibility index (Phi) is 6.87. The molecule has 0 spiro atoms. The largest absolute Gasteiger partial charge is 0.478 e. The summed E-state index contributed by atoms with van der Waals surface area (Å²) in [6.07, 6.45) is 4.28. The molecule has 1 aromatic heterocycles. The zero-order chi connectivity index (χ0) is 29.6. The lowest BCUT2D eigenvalue weighted by Crippen LogP contribution is -2.35. The minimum atomic E-state index is -3.43. The molecule has 0 atom stereocenters. The van der Waals surface area contributed by atoms with Gasteiger partial charge in [-0.3, -0.25) is 9.48 Å². The summed E-state index contributed by atoms with van der Waals surface area (Å²) in [5, 5.41) is 18.4.